The summed E-state index contributed by atoms with van der Waals surface area (Å²) in [7, 11) is 0. The fraction of sp³-hybridized carbons (Fsp3) is 0.462. The number of rotatable bonds is 4. The van der Waals surface area contributed by atoms with Crippen LogP contribution in [0.4, 0.5) is 0 Å². The van der Waals surface area contributed by atoms with Gasteiger partial charge in [0.1, 0.15) is 0 Å². The third kappa shape index (κ3) is 3.44. The van der Waals surface area contributed by atoms with E-state index in [1.807, 2.05) is 13.1 Å². The second-order valence-corrected chi connectivity index (χ2v) is 5.61. The van der Waals surface area contributed by atoms with Crippen LogP contribution in [0.3, 0.4) is 0 Å². The van der Waals surface area contributed by atoms with E-state index in [-0.39, 0.29) is 11.8 Å². The second kappa shape index (κ2) is 6.02. The van der Waals surface area contributed by atoms with Crippen LogP contribution in [0.5, 0.6) is 0 Å². The molecular formula is C13H15BrN4O. The minimum Gasteiger partial charge on any atom is -0.328 e. The quantitative estimate of drug-likeness (QED) is 0.925. The predicted octanol–water partition coefficient (Wildman–Crippen LogP) is 2.36. The van der Waals surface area contributed by atoms with E-state index >= 15 is 0 Å². The Balaban J connectivity index is 1.95. The van der Waals surface area contributed by atoms with Gasteiger partial charge in [0.15, 0.2) is 0 Å². The van der Waals surface area contributed by atoms with Gasteiger partial charge in [0.25, 0.3) is 0 Å². The smallest absolute Gasteiger partial charge is 0.228 e. The molecule has 0 aromatic carbocycles. The summed E-state index contributed by atoms with van der Waals surface area (Å²) in [6, 6.07) is 2.15. The Labute approximate surface area is 120 Å². The average molecular weight is 323 g/mol. The fourth-order valence-corrected chi connectivity index (χ4v) is 2.41. The van der Waals surface area contributed by atoms with Crippen LogP contribution in [0, 0.1) is 17.2 Å². The number of hydrogen-bond donors (Lipinski definition) is 1. The van der Waals surface area contributed by atoms with Crippen LogP contribution in [0.15, 0.2) is 28.1 Å². The zero-order valence-electron chi connectivity index (χ0n) is 10.7. The molecule has 1 N–H and O–H groups in total. The Morgan fingerprint density at radius 2 is 2.47 bits per heavy atom. The number of halogens is 1. The minimum atomic E-state index is -0.195. The Hall–Kier alpha value is -1.61. The number of allylic oxidation sites excluding steroid dienone is 2. The maximum absolute atomic E-state index is 12.1. The minimum absolute atomic E-state index is 0.0590. The predicted molar refractivity (Wildman–Crippen MR) is 73.7 cm³/mol. The summed E-state index contributed by atoms with van der Waals surface area (Å²) in [6.45, 7) is 2.37. The van der Waals surface area contributed by atoms with Crippen molar-refractivity contribution >= 4 is 21.8 Å². The lowest BCUT2D eigenvalue weighted by molar-refractivity contribution is -0.124. The van der Waals surface area contributed by atoms with Crippen molar-refractivity contribution in [3.63, 3.8) is 0 Å². The van der Waals surface area contributed by atoms with Gasteiger partial charge in [0.2, 0.25) is 5.91 Å². The molecule has 0 spiro atoms. The largest absolute Gasteiger partial charge is 0.328 e. The van der Waals surface area contributed by atoms with E-state index in [1.165, 1.54) is 0 Å². The van der Waals surface area contributed by atoms with Gasteiger partial charge in [-0.25, -0.2) is 0 Å². The Morgan fingerprint density at radius 3 is 3.11 bits per heavy atom. The Morgan fingerprint density at radius 1 is 1.68 bits per heavy atom. The van der Waals surface area contributed by atoms with Gasteiger partial charge in [-0.1, -0.05) is 6.92 Å². The third-order valence-electron chi connectivity index (χ3n) is 3.14. The van der Waals surface area contributed by atoms with Crippen molar-refractivity contribution in [3.8, 4) is 6.07 Å². The molecule has 0 bridgehead atoms. The van der Waals surface area contributed by atoms with Crippen LogP contribution in [0.25, 0.3) is 0 Å². The molecule has 1 heterocycles. The lowest BCUT2D eigenvalue weighted by Crippen LogP contribution is -2.31. The highest BCUT2D eigenvalue weighted by atomic mass is 79.9. The van der Waals surface area contributed by atoms with Crippen molar-refractivity contribution in [2.45, 2.75) is 32.7 Å². The normalized spacial score (nSPS) is 16.3. The standard InChI is InChI=1S/C13H15BrN4O/c1-9(7-18-8-11(14)6-16-18)13(19)17-12-4-2-3-10(12)5-15/h6,8-9H,2-4,7H2,1H3,(H,17,19)/t9-/m0/s1. The van der Waals surface area contributed by atoms with E-state index in [1.54, 1.807) is 10.9 Å². The molecule has 1 aliphatic carbocycles. The van der Waals surface area contributed by atoms with Gasteiger partial charge in [-0.15, -0.1) is 0 Å². The zero-order valence-corrected chi connectivity index (χ0v) is 12.3. The van der Waals surface area contributed by atoms with Crippen molar-refractivity contribution in [1.29, 1.82) is 5.26 Å². The molecule has 0 unspecified atom stereocenters. The van der Waals surface area contributed by atoms with Crippen LogP contribution in [0.2, 0.25) is 0 Å². The monoisotopic (exact) mass is 322 g/mol. The molecule has 1 aromatic heterocycles. The van der Waals surface area contributed by atoms with Crippen molar-refractivity contribution < 1.29 is 4.79 Å². The number of nitrogens with one attached hydrogen (secondary N) is 1. The van der Waals surface area contributed by atoms with E-state index in [0.29, 0.717) is 12.1 Å². The third-order valence-corrected chi connectivity index (χ3v) is 3.55. The molecule has 0 saturated carbocycles. The molecule has 1 aliphatic rings. The number of nitriles is 1. The molecule has 19 heavy (non-hydrogen) atoms. The van der Waals surface area contributed by atoms with Crippen molar-refractivity contribution in [2.75, 3.05) is 0 Å². The van der Waals surface area contributed by atoms with Crippen LogP contribution in [-0.2, 0) is 11.3 Å². The van der Waals surface area contributed by atoms with Crippen molar-refractivity contribution in [1.82, 2.24) is 15.1 Å². The number of hydrogen-bond acceptors (Lipinski definition) is 3. The molecule has 100 valence electrons. The first kappa shape index (κ1) is 13.8. The van der Waals surface area contributed by atoms with E-state index < -0.39 is 0 Å². The first-order valence-corrected chi connectivity index (χ1v) is 7.00. The topological polar surface area (TPSA) is 70.7 Å². The number of nitrogens with zero attached hydrogens (tertiary/aromatic N) is 3. The molecule has 0 fully saturated rings. The van der Waals surface area contributed by atoms with E-state index in [2.05, 4.69) is 32.4 Å². The summed E-state index contributed by atoms with van der Waals surface area (Å²) in [6.07, 6.45) is 6.03. The lowest BCUT2D eigenvalue weighted by Gasteiger charge is -2.13. The molecule has 1 aromatic rings. The number of aromatic nitrogens is 2. The van der Waals surface area contributed by atoms with E-state index in [4.69, 9.17) is 5.26 Å². The van der Waals surface area contributed by atoms with Crippen LogP contribution in [0.1, 0.15) is 26.2 Å². The molecule has 0 radical (unpaired) electrons. The van der Waals surface area contributed by atoms with Gasteiger partial charge in [-0.2, -0.15) is 10.4 Å². The summed E-state index contributed by atoms with van der Waals surface area (Å²) in [4.78, 5) is 12.1. The van der Waals surface area contributed by atoms with Crippen LogP contribution in [-0.4, -0.2) is 15.7 Å². The van der Waals surface area contributed by atoms with Gasteiger partial charge in [0.05, 0.1) is 29.2 Å². The zero-order chi connectivity index (χ0) is 13.8. The molecule has 6 heteroatoms. The maximum Gasteiger partial charge on any atom is 0.228 e. The molecular weight excluding hydrogens is 308 g/mol. The maximum atomic E-state index is 12.1. The molecule has 1 amide bonds. The first-order valence-electron chi connectivity index (χ1n) is 6.21. The first-order chi connectivity index (χ1) is 9.10. The summed E-state index contributed by atoms with van der Waals surface area (Å²) in [5.41, 5.74) is 1.50. The SMILES string of the molecule is C[C@@H](Cn1cc(Br)cn1)C(=O)NC1=C(C#N)CCC1. The van der Waals surface area contributed by atoms with Crippen molar-refractivity contribution in [2.24, 2.45) is 5.92 Å². The fourth-order valence-electron chi connectivity index (χ4n) is 2.08. The second-order valence-electron chi connectivity index (χ2n) is 4.69. The Bertz CT molecular complexity index is 555. The van der Waals surface area contributed by atoms with Gasteiger partial charge >= 0.3 is 0 Å². The average Bonchev–Trinajstić information content (AvgIpc) is 2.98. The molecule has 2 rings (SSSR count). The number of carbonyl (C=O) groups excluding carboxylic acids is 1. The lowest BCUT2D eigenvalue weighted by atomic mass is 10.1. The summed E-state index contributed by atoms with van der Waals surface area (Å²) in [5, 5.41) is 15.9. The highest BCUT2D eigenvalue weighted by Gasteiger charge is 2.20. The molecule has 1 atom stereocenters. The number of amides is 1. The van der Waals surface area contributed by atoms with Gasteiger partial charge in [0, 0.05) is 17.5 Å². The van der Waals surface area contributed by atoms with E-state index in [0.717, 1.165) is 29.4 Å². The van der Waals surface area contributed by atoms with Crippen LogP contribution < -0.4 is 5.32 Å². The highest BCUT2D eigenvalue weighted by molar-refractivity contribution is 9.10. The van der Waals surface area contributed by atoms with Gasteiger partial charge in [-0.3, -0.25) is 9.48 Å². The Kier molecular flexibility index (Phi) is 4.38. The van der Waals surface area contributed by atoms with Crippen LogP contribution >= 0.6 is 15.9 Å². The summed E-state index contributed by atoms with van der Waals surface area (Å²) in [5.74, 6) is -0.254. The van der Waals surface area contributed by atoms with Crippen molar-refractivity contribution in [3.05, 3.63) is 28.1 Å². The molecule has 5 nitrogen and oxygen atoms in total. The summed E-state index contributed by atoms with van der Waals surface area (Å²) >= 11 is 3.32. The van der Waals surface area contributed by atoms with Gasteiger partial charge < -0.3 is 5.32 Å². The summed E-state index contributed by atoms with van der Waals surface area (Å²) < 4.78 is 2.62. The van der Waals surface area contributed by atoms with Gasteiger partial charge in [-0.05, 0) is 35.2 Å². The molecule has 0 aliphatic heterocycles. The number of carbonyl (C=O) groups is 1. The molecule has 0 saturated heterocycles. The highest BCUT2D eigenvalue weighted by Crippen LogP contribution is 2.23. The van der Waals surface area contributed by atoms with E-state index in [9.17, 15) is 4.79 Å².